The Morgan fingerprint density at radius 2 is 2.33 bits per heavy atom. The number of nitrogens with zero attached hydrogens (tertiary/aromatic N) is 2. The minimum atomic E-state index is -0.0417. The molecule has 0 aliphatic carbocycles. The monoisotopic (exact) mass is 124 g/mol. The van der Waals surface area contributed by atoms with Gasteiger partial charge in [0.1, 0.15) is 5.54 Å². The van der Waals surface area contributed by atoms with Crippen LogP contribution in [0.15, 0.2) is 22.4 Å². The van der Waals surface area contributed by atoms with Crippen molar-refractivity contribution >= 4 is 0 Å². The molecule has 0 radical (unpaired) electrons. The Hall–Kier alpha value is -0.660. The first kappa shape index (κ1) is 6.46. The number of rotatable bonds is 1. The van der Waals surface area contributed by atoms with E-state index in [0.717, 1.165) is 18.5 Å². The lowest BCUT2D eigenvalue weighted by molar-refractivity contribution is 0.562. The van der Waals surface area contributed by atoms with Crippen molar-refractivity contribution < 1.29 is 0 Å². The first-order valence-corrected chi connectivity index (χ1v) is 3.20. The molecule has 0 N–H and O–H groups in total. The van der Waals surface area contributed by atoms with Gasteiger partial charge in [-0.05, 0) is 20.3 Å². The van der Waals surface area contributed by atoms with Crippen molar-refractivity contribution in [3.05, 3.63) is 12.2 Å². The highest BCUT2D eigenvalue weighted by atomic mass is 15.2. The van der Waals surface area contributed by atoms with Gasteiger partial charge in [0.2, 0.25) is 0 Å². The summed E-state index contributed by atoms with van der Waals surface area (Å²) >= 11 is 0. The zero-order valence-corrected chi connectivity index (χ0v) is 6.02. The molecule has 0 amide bonds. The van der Waals surface area contributed by atoms with Gasteiger partial charge < -0.3 is 0 Å². The van der Waals surface area contributed by atoms with Crippen LogP contribution < -0.4 is 0 Å². The van der Waals surface area contributed by atoms with Crippen LogP contribution in [-0.2, 0) is 0 Å². The van der Waals surface area contributed by atoms with Crippen LogP contribution in [0.4, 0.5) is 0 Å². The molecule has 0 saturated carbocycles. The van der Waals surface area contributed by atoms with Crippen LogP contribution in [0.2, 0.25) is 0 Å². The van der Waals surface area contributed by atoms with E-state index in [9.17, 15) is 0 Å². The molecule has 0 spiro atoms. The Morgan fingerprint density at radius 1 is 1.67 bits per heavy atom. The van der Waals surface area contributed by atoms with Crippen molar-refractivity contribution in [2.45, 2.75) is 25.8 Å². The van der Waals surface area contributed by atoms with Gasteiger partial charge in [0.15, 0.2) is 0 Å². The van der Waals surface area contributed by atoms with E-state index in [1.807, 2.05) is 6.92 Å². The predicted molar refractivity (Wildman–Crippen MR) is 37.6 cm³/mol. The average molecular weight is 124 g/mol. The van der Waals surface area contributed by atoms with Gasteiger partial charge in [0, 0.05) is 0 Å². The smallest absolute Gasteiger partial charge is 0.101 e. The fraction of sp³-hybridized carbons (Fsp3) is 0.714. The fourth-order valence-corrected chi connectivity index (χ4v) is 0.823. The SMILES string of the molecule is C=C(C)C1(C)CCN=N1. The van der Waals surface area contributed by atoms with Gasteiger partial charge in [-0.25, -0.2) is 0 Å². The number of azo groups is 1. The Bertz CT molecular complexity index is 160. The molecule has 1 rings (SSSR count). The van der Waals surface area contributed by atoms with Crippen molar-refractivity contribution in [2.24, 2.45) is 10.2 Å². The van der Waals surface area contributed by atoms with Crippen molar-refractivity contribution in [1.29, 1.82) is 0 Å². The van der Waals surface area contributed by atoms with Crippen LogP contribution in [0.5, 0.6) is 0 Å². The summed E-state index contributed by atoms with van der Waals surface area (Å²) in [7, 11) is 0. The van der Waals surface area contributed by atoms with Crippen LogP contribution >= 0.6 is 0 Å². The summed E-state index contributed by atoms with van der Waals surface area (Å²) in [4.78, 5) is 0. The maximum atomic E-state index is 4.09. The van der Waals surface area contributed by atoms with Crippen molar-refractivity contribution in [2.75, 3.05) is 6.54 Å². The van der Waals surface area contributed by atoms with E-state index in [4.69, 9.17) is 0 Å². The third kappa shape index (κ3) is 1.02. The van der Waals surface area contributed by atoms with E-state index < -0.39 is 0 Å². The summed E-state index contributed by atoms with van der Waals surface area (Å²) in [6.45, 7) is 8.80. The number of hydrogen-bond donors (Lipinski definition) is 0. The lowest BCUT2D eigenvalue weighted by Crippen LogP contribution is -2.19. The average Bonchev–Trinajstić information content (AvgIpc) is 2.16. The first-order chi connectivity index (χ1) is 4.15. The highest BCUT2D eigenvalue weighted by molar-refractivity contribution is 5.13. The topological polar surface area (TPSA) is 24.7 Å². The summed E-state index contributed by atoms with van der Waals surface area (Å²) in [6, 6.07) is 0. The minimum absolute atomic E-state index is 0.0417. The maximum absolute atomic E-state index is 4.09. The molecule has 0 aromatic heterocycles. The summed E-state index contributed by atoms with van der Waals surface area (Å²) in [5, 5.41) is 8.01. The molecule has 1 heterocycles. The summed E-state index contributed by atoms with van der Waals surface area (Å²) in [5.41, 5.74) is 1.07. The molecule has 1 atom stereocenters. The molecule has 0 fully saturated rings. The molecule has 0 aromatic rings. The Kier molecular flexibility index (Phi) is 1.39. The lowest BCUT2D eigenvalue weighted by atomic mass is 9.93. The quantitative estimate of drug-likeness (QED) is 0.479. The molecule has 0 bridgehead atoms. The third-order valence-electron chi connectivity index (χ3n) is 1.91. The van der Waals surface area contributed by atoms with E-state index in [1.54, 1.807) is 0 Å². The maximum Gasteiger partial charge on any atom is 0.101 e. The van der Waals surface area contributed by atoms with Gasteiger partial charge >= 0.3 is 0 Å². The van der Waals surface area contributed by atoms with E-state index in [0.29, 0.717) is 0 Å². The van der Waals surface area contributed by atoms with Gasteiger partial charge in [-0.1, -0.05) is 12.2 Å². The van der Waals surface area contributed by atoms with Crippen LogP contribution in [-0.4, -0.2) is 12.1 Å². The summed E-state index contributed by atoms with van der Waals surface area (Å²) in [5.74, 6) is 0. The Balaban J connectivity index is 2.74. The Morgan fingerprint density at radius 3 is 2.56 bits per heavy atom. The van der Waals surface area contributed by atoms with Gasteiger partial charge in [0.05, 0.1) is 6.54 Å². The lowest BCUT2D eigenvalue weighted by Gasteiger charge is -2.17. The molecule has 9 heavy (non-hydrogen) atoms. The molecule has 50 valence electrons. The molecule has 0 saturated heterocycles. The third-order valence-corrected chi connectivity index (χ3v) is 1.91. The van der Waals surface area contributed by atoms with E-state index in [2.05, 4.69) is 23.7 Å². The summed E-state index contributed by atoms with van der Waals surface area (Å²) in [6.07, 6.45) is 1.03. The molecule has 1 aliphatic heterocycles. The highest BCUT2D eigenvalue weighted by Crippen LogP contribution is 2.28. The Labute approximate surface area is 55.7 Å². The molecule has 1 aliphatic rings. The van der Waals surface area contributed by atoms with Gasteiger partial charge in [0.25, 0.3) is 0 Å². The fourth-order valence-electron chi connectivity index (χ4n) is 0.823. The van der Waals surface area contributed by atoms with Gasteiger partial charge in [-0.3, -0.25) is 0 Å². The largest absolute Gasteiger partial charge is 0.193 e. The molecule has 0 aromatic carbocycles. The van der Waals surface area contributed by atoms with Crippen LogP contribution in [0, 0.1) is 0 Å². The standard InChI is InChI=1S/C7H12N2/c1-6(2)7(3)4-5-8-9-7/h1,4-5H2,2-3H3. The van der Waals surface area contributed by atoms with Crippen molar-refractivity contribution in [3.63, 3.8) is 0 Å². The van der Waals surface area contributed by atoms with Crippen molar-refractivity contribution in [3.8, 4) is 0 Å². The van der Waals surface area contributed by atoms with Crippen LogP contribution in [0.3, 0.4) is 0 Å². The van der Waals surface area contributed by atoms with E-state index >= 15 is 0 Å². The molecule has 2 heteroatoms. The number of hydrogen-bond acceptors (Lipinski definition) is 2. The zero-order chi connectivity index (χ0) is 6.91. The minimum Gasteiger partial charge on any atom is -0.193 e. The molecule has 2 nitrogen and oxygen atoms in total. The van der Waals surface area contributed by atoms with Crippen LogP contribution in [0.25, 0.3) is 0 Å². The second-order valence-corrected chi connectivity index (χ2v) is 2.77. The summed E-state index contributed by atoms with van der Waals surface area (Å²) < 4.78 is 0. The molecular formula is C7H12N2. The van der Waals surface area contributed by atoms with E-state index in [-0.39, 0.29) is 5.54 Å². The van der Waals surface area contributed by atoms with Gasteiger partial charge in [-0.15, -0.1) is 0 Å². The highest BCUT2D eigenvalue weighted by Gasteiger charge is 2.27. The van der Waals surface area contributed by atoms with E-state index in [1.165, 1.54) is 0 Å². The first-order valence-electron chi connectivity index (χ1n) is 3.20. The van der Waals surface area contributed by atoms with Gasteiger partial charge in [-0.2, -0.15) is 10.2 Å². The van der Waals surface area contributed by atoms with Crippen LogP contribution in [0.1, 0.15) is 20.3 Å². The predicted octanol–water partition coefficient (Wildman–Crippen LogP) is 2.18. The molecule has 1 unspecified atom stereocenters. The normalized spacial score (nSPS) is 33.1. The van der Waals surface area contributed by atoms with Crippen molar-refractivity contribution in [1.82, 2.24) is 0 Å². The second kappa shape index (κ2) is 1.94. The zero-order valence-electron chi connectivity index (χ0n) is 6.02. The second-order valence-electron chi connectivity index (χ2n) is 2.77. The molecular weight excluding hydrogens is 112 g/mol.